The summed E-state index contributed by atoms with van der Waals surface area (Å²) in [7, 11) is 9.67. The number of aryl methyl sites for hydroxylation is 8. The number of hydrogen-bond donors (Lipinski definition) is 0. The molecule has 0 amide bonds. The van der Waals surface area contributed by atoms with Gasteiger partial charge in [0.15, 0.2) is 0 Å². The fourth-order valence-corrected chi connectivity index (χ4v) is 4.25. The van der Waals surface area contributed by atoms with Crippen LogP contribution < -0.4 is 0 Å². The number of halogens is 2. The third-order valence-electron chi connectivity index (χ3n) is 2.94. The van der Waals surface area contributed by atoms with Crippen LogP contribution in [0.4, 0.5) is 0 Å². The summed E-state index contributed by atoms with van der Waals surface area (Å²) < 4.78 is 0. The van der Waals surface area contributed by atoms with Gasteiger partial charge in [-0.15, -0.1) is 45.3 Å². The quantitative estimate of drug-likeness (QED) is 0.184. The molecule has 0 spiro atoms. The van der Waals surface area contributed by atoms with Crippen LogP contribution >= 0.6 is 64.7 Å². The predicted octanol–water partition coefficient (Wildman–Crippen LogP) is 8.42. The van der Waals surface area contributed by atoms with E-state index in [9.17, 15) is 0 Å². The average molecular weight is 627 g/mol. The SMILES string of the molecule is Cc1csc(C)n1.Cc1csc(C)n1.Cc1csc(C)n1.Cc1csc(C)n1.[Cl][Rh][Cl]. The van der Waals surface area contributed by atoms with Gasteiger partial charge in [-0.25, -0.2) is 19.9 Å². The van der Waals surface area contributed by atoms with Crippen LogP contribution in [0.1, 0.15) is 42.8 Å². The van der Waals surface area contributed by atoms with Crippen molar-refractivity contribution < 1.29 is 15.1 Å². The van der Waals surface area contributed by atoms with Crippen LogP contribution in [0.25, 0.3) is 0 Å². The van der Waals surface area contributed by atoms with Crippen LogP contribution in [-0.4, -0.2) is 19.9 Å². The van der Waals surface area contributed by atoms with E-state index in [1.807, 2.05) is 55.4 Å². The summed E-state index contributed by atoms with van der Waals surface area (Å²) in [6.07, 6.45) is 0. The van der Waals surface area contributed by atoms with Crippen molar-refractivity contribution in [3.05, 3.63) is 64.3 Å². The van der Waals surface area contributed by atoms with Gasteiger partial charge in [0.25, 0.3) is 0 Å². The Morgan fingerprint density at radius 1 is 0.484 bits per heavy atom. The van der Waals surface area contributed by atoms with Gasteiger partial charge in [-0.2, -0.15) is 0 Å². The molecule has 11 heteroatoms. The summed E-state index contributed by atoms with van der Waals surface area (Å²) in [5.41, 5.74) is 4.51. The minimum absolute atomic E-state index is 0.226. The van der Waals surface area contributed by atoms with E-state index in [0.29, 0.717) is 0 Å². The Labute approximate surface area is 217 Å². The Morgan fingerprint density at radius 3 is 0.677 bits per heavy atom. The van der Waals surface area contributed by atoms with Crippen molar-refractivity contribution in [3.63, 3.8) is 0 Å². The number of rotatable bonds is 0. The molecule has 0 aliphatic rings. The summed E-state index contributed by atoms with van der Waals surface area (Å²) in [6, 6.07) is 0. The third-order valence-corrected chi connectivity index (χ3v) is 6.50. The zero-order valence-corrected chi connectivity index (χ0v) is 25.2. The summed E-state index contributed by atoms with van der Waals surface area (Å²) in [4.78, 5) is 16.5. The Bertz CT molecular complexity index is 747. The molecule has 0 bridgehead atoms. The second kappa shape index (κ2) is 18.2. The molecule has 31 heavy (non-hydrogen) atoms. The molecule has 0 atom stereocenters. The molecular formula is C20H28Cl2N4RhS4. The molecule has 0 N–H and O–H groups in total. The van der Waals surface area contributed by atoms with E-state index in [1.165, 1.54) is 0 Å². The van der Waals surface area contributed by atoms with Gasteiger partial charge in [-0.3, -0.25) is 0 Å². The van der Waals surface area contributed by atoms with E-state index in [0.717, 1.165) is 42.8 Å². The maximum atomic E-state index is 4.83. The summed E-state index contributed by atoms with van der Waals surface area (Å²) in [6.45, 7) is 16.1. The van der Waals surface area contributed by atoms with Gasteiger partial charge in [0.1, 0.15) is 0 Å². The molecule has 4 nitrogen and oxygen atoms in total. The molecule has 0 fully saturated rings. The van der Waals surface area contributed by atoms with E-state index in [1.54, 1.807) is 45.3 Å². The van der Waals surface area contributed by atoms with Crippen molar-refractivity contribution in [1.29, 1.82) is 0 Å². The van der Waals surface area contributed by atoms with Gasteiger partial charge in [0.05, 0.1) is 20.0 Å². The first-order valence-electron chi connectivity index (χ1n) is 8.95. The maximum absolute atomic E-state index is 4.83. The fraction of sp³-hybridized carbons (Fsp3) is 0.400. The molecule has 4 rings (SSSR count). The molecule has 4 aromatic heterocycles. The van der Waals surface area contributed by atoms with Crippen LogP contribution in [-0.2, 0) is 15.1 Å². The molecule has 0 radical (unpaired) electrons. The molecule has 4 aromatic rings. The van der Waals surface area contributed by atoms with Crippen molar-refractivity contribution in [1.82, 2.24) is 19.9 Å². The molecular weight excluding hydrogens is 598 g/mol. The number of hydrogen-bond acceptors (Lipinski definition) is 8. The molecule has 0 saturated heterocycles. The first-order valence-corrected chi connectivity index (χ1v) is 16.7. The van der Waals surface area contributed by atoms with Crippen molar-refractivity contribution in [2.24, 2.45) is 0 Å². The molecule has 175 valence electrons. The standard InChI is InChI=1S/4C5H7NS.2ClH.Rh/c4*1-4-3-7-5(2)6-4;;;/h4*3H,1-2H3;2*1H;/q;;;;;;+2/p-2. The van der Waals surface area contributed by atoms with E-state index >= 15 is 0 Å². The van der Waals surface area contributed by atoms with Gasteiger partial charge in [0.2, 0.25) is 0 Å². The first-order chi connectivity index (χ1) is 14.6. The van der Waals surface area contributed by atoms with Gasteiger partial charge in [-0.1, -0.05) is 0 Å². The molecule has 0 unspecified atom stereocenters. The van der Waals surface area contributed by atoms with Gasteiger partial charge in [-0.05, 0) is 55.4 Å². The van der Waals surface area contributed by atoms with Gasteiger partial charge in [0, 0.05) is 44.3 Å². The predicted molar refractivity (Wildman–Crippen MR) is 138 cm³/mol. The van der Waals surface area contributed by atoms with Crippen LogP contribution in [0.2, 0.25) is 0 Å². The topological polar surface area (TPSA) is 51.6 Å². The molecule has 0 aromatic carbocycles. The summed E-state index contributed by atoms with van der Waals surface area (Å²) >= 11 is 6.55. The van der Waals surface area contributed by atoms with E-state index in [4.69, 9.17) is 19.4 Å². The molecule has 0 aliphatic carbocycles. The summed E-state index contributed by atoms with van der Waals surface area (Å²) in [5.74, 6) is 0. The molecule has 4 heterocycles. The normalized spacial score (nSPS) is 9.23. The fourth-order valence-electron chi connectivity index (χ4n) is 1.89. The van der Waals surface area contributed by atoms with E-state index in [-0.39, 0.29) is 15.1 Å². The van der Waals surface area contributed by atoms with E-state index in [2.05, 4.69) is 41.5 Å². The summed E-state index contributed by atoms with van der Waals surface area (Å²) in [5, 5.41) is 12.8. The zero-order chi connectivity index (χ0) is 23.8. The van der Waals surface area contributed by atoms with Gasteiger partial charge < -0.3 is 0 Å². The third kappa shape index (κ3) is 17.9. The molecule has 0 saturated carbocycles. The zero-order valence-electron chi connectivity index (χ0n) is 18.8. The molecule has 0 aliphatic heterocycles. The Kier molecular flexibility index (Phi) is 18.0. The minimum atomic E-state index is -0.226. The second-order valence-corrected chi connectivity index (χ2v) is 12.8. The van der Waals surface area contributed by atoms with Crippen molar-refractivity contribution in [2.45, 2.75) is 55.4 Å². The van der Waals surface area contributed by atoms with Crippen LogP contribution in [0, 0.1) is 55.4 Å². The Hall–Kier alpha value is -0.277. The number of thiazole rings is 4. The first kappa shape index (κ1) is 30.7. The number of nitrogens with zero attached hydrogens (tertiary/aromatic N) is 4. The Morgan fingerprint density at radius 2 is 0.645 bits per heavy atom. The van der Waals surface area contributed by atoms with Crippen LogP contribution in [0.5, 0.6) is 0 Å². The van der Waals surface area contributed by atoms with Crippen LogP contribution in [0.3, 0.4) is 0 Å². The van der Waals surface area contributed by atoms with Crippen molar-refractivity contribution in [2.75, 3.05) is 0 Å². The monoisotopic (exact) mass is 625 g/mol. The number of aromatic nitrogens is 4. The second-order valence-electron chi connectivity index (χ2n) is 6.08. The van der Waals surface area contributed by atoms with Crippen LogP contribution in [0.15, 0.2) is 21.5 Å². The van der Waals surface area contributed by atoms with Crippen molar-refractivity contribution in [3.8, 4) is 0 Å². The Balaban J connectivity index is 0.000000371. The van der Waals surface area contributed by atoms with E-state index < -0.39 is 0 Å². The van der Waals surface area contributed by atoms with Crippen molar-refractivity contribution >= 4 is 64.7 Å². The van der Waals surface area contributed by atoms with Gasteiger partial charge >= 0.3 is 34.5 Å². The average Bonchev–Trinajstić information content (AvgIpc) is 3.44.